The third kappa shape index (κ3) is 3.01. The molecule has 1 aromatic rings. The summed E-state index contributed by atoms with van der Waals surface area (Å²) in [4.78, 5) is 0. The molecule has 1 aliphatic rings. The first-order chi connectivity index (χ1) is 8.52. The van der Waals surface area contributed by atoms with E-state index in [9.17, 15) is 13.5 Å². The SMILES string of the molecule is O=S1(=O)CC(O)C(Oc2ccccc2CCO)C1. The molecule has 0 aliphatic carbocycles. The fourth-order valence-corrected chi connectivity index (χ4v) is 3.68. The van der Waals surface area contributed by atoms with Crippen molar-refractivity contribution in [2.45, 2.75) is 18.6 Å². The molecular formula is C12H16O5S. The summed E-state index contributed by atoms with van der Waals surface area (Å²) in [5.41, 5.74) is 0.802. The van der Waals surface area contributed by atoms with Gasteiger partial charge in [-0.25, -0.2) is 8.42 Å². The van der Waals surface area contributed by atoms with Crippen molar-refractivity contribution in [2.75, 3.05) is 18.1 Å². The topological polar surface area (TPSA) is 83.8 Å². The van der Waals surface area contributed by atoms with Crippen molar-refractivity contribution < 1.29 is 23.4 Å². The molecular weight excluding hydrogens is 256 g/mol. The molecule has 0 aromatic heterocycles. The van der Waals surface area contributed by atoms with Gasteiger partial charge in [-0.2, -0.15) is 0 Å². The van der Waals surface area contributed by atoms with Gasteiger partial charge in [-0.15, -0.1) is 0 Å². The maximum atomic E-state index is 11.4. The van der Waals surface area contributed by atoms with E-state index >= 15 is 0 Å². The average molecular weight is 272 g/mol. The number of aliphatic hydroxyl groups excluding tert-OH is 2. The van der Waals surface area contributed by atoms with Crippen LogP contribution in [0.5, 0.6) is 5.75 Å². The highest BCUT2D eigenvalue weighted by molar-refractivity contribution is 7.91. The molecule has 5 nitrogen and oxygen atoms in total. The Kier molecular flexibility index (Phi) is 3.89. The van der Waals surface area contributed by atoms with E-state index in [0.717, 1.165) is 5.56 Å². The van der Waals surface area contributed by atoms with Crippen LogP contribution >= 0.6 is 0 Å². The molecule has 1 aliphatic heterocycles. The van der Waals surface area contributed by atoms with E-state index in [1.807, 2.05) is 6.07 Å². The van der Waals surface area contributed by atoms with Gasteiger partial charge < -0.3 is 14.9 Å². The van der Waals surface area contributed by atoms with Gasteiger partial charge in [0.25, 0.3) is 0 Å². The number of rotatable bonds is 4. The number of hydrogen-bond acceptors (Lipinski definition) is 5. The Hall–Kier alpha value is -1.11. The van der Waals surface area contributed by atoms with Gasteiger partial charge in [-0.1, -0.05) is 18.2 Å². The molecule has 2 rings (SSSR count). The Balaban J connectivity index is 2.15. The summed E-state index contributed by atoms with van der Waals surface area (Å²) in [6.07, 6.45) is -1.28. The minimum atomic E-state index is -3.21. The van der Waals surface area contributed by atoms with Gasteiger partial charge in [0.1, 0.15) is 18.0 Å². The quantitative estimate of drug-likeness (QED) is 0.790. The van der Waals surface area contributed by atoms with E-state index in [1.165, 1.54) is 0 Å². The fraction of sp³-hybridized carbons (Fsp3) is 0.500. The fourth-order valence-electron chi connectivity index (χ4n) is 2.02. The number of sulfone groups is 1. The number of hydrogen-bond donors (Lipinski definition) is 2. The standard InChI is InChI=1S/C12H16O5S/c13-6-5-9-3-1-2-4-11(9)17-12-8-18(15,16)7-10(12)14/h1-4,10,12-14H,5-8H2. The molecule has 2 N–H and O–H groups in total. The van der Waals surface area contributed by atoms with Gasteiger partial charge in [-0.3, -0.25) is 0 Å². The molecule has 1 saturated heterocycles. The summed E-state index contributed by atoms with van der Waals surface area (Å²) < 4.78 is 28.3. The van der Waals surface area contributed by atoms with Gasteiger partial charge >= 0.3 is 0 Å². The van der Waals surface area contributed by atoms with E-state index in [4.69, 9.17) is 9.84 Å². The van der Waals surface area contributed by atoms with Gasteiger partial charge in [0.2, 0.25) is 0 Å². The lowest BCUT2D eigenvalue weighted by atomic mass is 10.1. The lowest BCUT2D eigenvalue weighted by molar-refractivity contribution is 0.0730. The lowest BCUT2D eigenvalue weighted by Gasteiger charge is -2.18. The van der Waals surface area contributed by atoms with Crippen LogP contribution in [0.3, 0.4) is 0 Å². The van der Waals surface area contributed by atoms with Crippen molar-refractivity contribution in [1.82, 2.24) is 0 Å². The predicted octanol–water partition coefficient (Wildman–Crippen LogP) is -0.242. The van der Waals surface area contributed by atoms with E-state index in [1.54, 1.807) is 18.2 Å². The van der Waals surface area contributed by atoms with Gasteiger partial charge in [0.05, 0.1) is 11.5 Å². The van der Waals surface area contributed by atoms with Crippen molar-refractivity contribution >= 4 is 9.84 Å². The third-order valence-electron chi connectivity index (χ3n) is 2.90. The smallest absolute Gasteiger partial charge is 0.156 e. The zero-order chi connectivity index (χ0) is 13.2. The summed E-state index contributed by atoms with van der Waals surface area (Å²) in [5, 5.41) is 18.6. The highest BCUT2D eigenvalue weighted by atomic mass is 32.2. The molecule has 2 unspecified atom stereocenters. The summed E-state index contributed by atoms with van der Waals surface area (Å²) in [7, 11) is -3.21. The highest BCUT2D eigenvalue weighted by Gasteiger charge is 2.38. The van der Waals surface area contributed by atoms with Gasteiger partial charge in [0.15, 0.2) is 9.84 Å². The molecule has 0 spiro atoms. The minimum absolute atomic E-state index is 0.00804. The summed E-state index contributed by atoms with van der Waals surface area (Å²) in [5.74, 6) is 0.106. The molecule has 0 amide bonds. The summed E-state index contributed by atoms with van der Waals surface area (Å²) in [6, 6.07) is 7.11. The second-order valence-electron chi connectivity index (χ2n) is 4.38. The maximum absolute atomic E-state index is 11.4. The molecule has 0 bridgehead atoms. The third-order valence-corrected chi connectivity index (χ3v) is 4.59. The average Bonchev–Trinajstić information content (AvgIpc) is 2.55. The van der Waals surface area contributed by atoms with Crippen molar-refractivity contribution in [3.05, 3.63) is 29.8 Å². The molecule has 0 saturated carbocycles. The molecule has 100 valence electrons. The van der Waals surface area contributed by atoms with Crippen molar-refractivity contribution in [3.8, 4) is 5.75 Å². The normalized spacial score (nSPS) is 26.1. The van der Waals surface area contributed by atoms with E-state index in [-0.39, 0.29) is 18.1 Å². The Morgan fingerprint density at radius 3 is 2.61 bits per heavy atom. The van der Waals surface area contributed by atoms with Crippen LogP contribution in [0.15, 0.2) is 24.3 Å². The van der Waals surface area contributed by atoms with Crippen LogP contribution in [-0.2, 0) is 16.3 Å². The zero-order valence-electron chi connectivity index (χ0n) is 9.82. The maximum Gasteiger partial charge on any atom is 0.156 e. The predicted molar refractivity (Wildman–Crippen MR) is 66.3 cm³/mol. The number of para-hydroxylation sites is 1. The molecule has 1 heterocycles. The van der Waals surface area contributed by atoms with Crippen molar-refractivity contribution in [2.24, 2.45) is 0 Å². The molecule has 0 radical (unpaired) electrons. The van der Waals surface area contributed by atoms with Crippen LogP contribution in [0.4, 0.5) is 0 Å². The van der Waals surface area contributed by atoms with E-state index in [0.29, 0.717) is 12.2 Å². The van der Waals surface area contributed by atoms with Crippen molar-refractivity contribution in [3.63, 3.8) is 0 Å². The Bertz CT molecular complexity index is 511. The van der Waals surface area contributed by atoms with Crippen LogP contribution < -0.4 is 4.74 Å². The number of benzene rings is 1. The van der Waals surface area contributed by atoms with Crippen molar-refractivity contribution in [1.29, 1.82) is 0 Å². The largest absolute Gasteiger partial charge is 0.486 e. The first-order valence-electron chi connectivity index (χ1n) is 5.76. The monoisotopic (exact) mass is 272 g/mol. The molecule has 6 heteroatoms. The Morgan fingerprint density at radius 2 is 2.00 bits per heavy atom. The van der Waals surface area contributed by atoms with Gasteiger partial charge in [-0.05, 0) is 18.1 Å². The van der Waals surface area contributed by atoms with Crippen LogP contribution in [-0.4, -0.2) is 49.0 Å². The zero-order valence-corrected chi connectivity index (χ0v) is 10.6. The molecule has 18 heavy (non-hydrogen) atoms. The molecule has 1 fully saturated rings. The Labute approximate surface area is 106 Å². The molecule has 2 atom stereocenters. The summed E-state index contributed by atoms with van der Waals surface area (Å²) in [6.45, 7) is -0.00804. The number of aliphatic hydroxyl groups is 2. The van der Waals surface area contributed by atoms with Crippen LogP contribution in [0.25, 0.3) is 0 Å². The molecule has 1 aromatic carbocycles. The number of ether oxygens (including phenoxy) is 1. The second-order valence-corrected chi connectivity index (χ2v) is 6.54. The first kappa shape index (κ1) is 13.3. The van der Waals surface area contributed by atoms with Crippen LogP contribution in [0.2, 0.25) is 0 Å². The van der Waals surface area contributed by atoms with Crippen LogP contribution in [0.1, 0.15) is 5.56 Å². The lowest BCUT2D eigenvalue weighted by Crippen LogP contribution is -2.30. The van der Waals surface area contributed by atoms with E-state index < -0.39 is 22.0 Å². The van der Waals surface area contributed by atoms with Crippen LogP contribution in [0, 0.1) is 0 Å². The first-order valence-corrected chi connectivity index (χ1v) is 7.58. The summed E-state index contributed by atoms with van der Waals surface area (Å²) >= 11 is 0. The highest BCUT2D eigenvalue weighted by Crippen LogP contribution is 2.24. The minimum Gasteiger partial charge on any atom is -0.486 e. The van der Waals surface area contributed by atoms with E-state index in [2.05, 4.69) is 0 Å². The van der Waals surface area contributed by atoms with Gasteiger partial charge in [0, 0.05) is 6.61 Å². The Morgan fingerprint density at radius 1 is 1.28 bits per heavy atom. The second kappa shape index (κ2) is 5.26.